The number of ether oxygens (including phenoxy) is 1. The van der Waals surface area contributed by atoms with Crippen LogP contribution in [0.2, 0.25) is 0 Å². The van der Waals surface area contributed by atoms with Gasteiger partial charge < -0.3 is 10.1 Å². The van der Waals surface area contributed by atoms with Crippen LogP contribution >= 0.6 is 0 Å². The summed E-state index contributed by atoms with van der Waals surface area (Å²) in [5.41, 5.74) is 1.86. The van der Waals surface area contributed by atoms with Crippen molar-refractivity contribution in [2.75, 3.05) is 14.2 Å². The molecule has 0 unspecified atom stereocenters. The quantitative estimate of drug-likeness (QED) is 0.449. The van der Waals surface area contributed by atoms with E-state index in [1.807, 2.05) is 54.6 Å². The molecule has 0 radical (unpaired) electrons. The van der Waals surface area contributed by atoms with Crippen LogP contribution in [0.5, 0.6) is 5.75 Å². The average Bonchev–Trinajstić information content (AvgIpc) is 2.84. The van der Waals surface area contributed by atoms with E-state index in [0.717, 1.165) is 28.8 Å². The summed E-state index contributed by atoms with van der Waals surface area (Å²) >= 11 is 0. The van der Waals surface area contributed by atoms with Gasteiger partial charge in [0.1, 0.15) is 11.8 Å². The second kappa shape index (κ2) is 11.0. The van der Waals surface area contributed by atoms with Crippen LogP contribution < -0.4 is 15.4 Å². The highest BCUT2D eigenvalue weighted by molar-refractivity contribution is 5.83. The number of benzene rings is 3. The van der Waals surface area contributed by atoms with Crippen LogP contribution in [0.15, 0.2) is 78.9 Å². The fourth-order valence-corrected chi connectivity index (χ4v) is 3.69. The molecule has 0 saturated heterocycles. The number of aryl methyl sites for hydroxylation is 1. The molecule has 3 aromatic rings. The summed E-state index contributed by atoms with van der Waals surface area (Å²) in [7, 11) is 3.17. The highest BCUT2D eigenvalue weighted by atomic mass is 19.4. The lowest BCUT2D eigenvalue weighted by Crippen LogP contribution is -2.38. The van der Waals surface area contributed by atoms with Crippen LogP contribution in [-0.2, 0) is 17.4 Å². The molecule has 0 aliphatic heterocycles. The maximum Gasteiger partial charge on any atom is 0.416 e. The minimum atomic E-state index is -4.36. The van der Waals surface area contributed by atoms with Gasteiger partial charge in [-0.2, -0.15) is 13.2 Å². The predicted octanol–water partition coefficient (Wildman–Crippen LogP) is 5.46. The van der Waals surface area contributed by atoms with Gasteiger partial charge in [0.25, 0.3) is 0 Å². The van der Waals surface area contributed by atoms with Gasteiger partial charge in [0.2, 0.25) is 5.91 Å². The third kappa shape index (κ3) is 6.58. The first kappa shape index (κ1) is 24.3. The monoisotopic (exact) mass is 456 g/mol. The number of hydrogen-bond acceptors (Lipinski definition) is 3. The zero-order valence-electron chi connectivity index (χ0n) is 18.5. The van der Waals surface area contributed by atoms with Crippen LogP contribution in [0.3, 0.4) is 0 Å². The Balaban J connectivity index is 1.86. The summed E-state index contributed by atoms with van der Waals surface area (Å²) in [5.74, 6) is 0.508. The largest absolute Gasteiger partial charge is 0.497 e. The van der Waals surface area contributed by atoms with Gasteiger partial charge in [-0.1, -0.05) is 54.6 Å². The van der Waals surface area contributed by atoms with Crippen molar-refractivity contribution in [3.63, 3.8) is 0 Å². The molecule has 2 atom stereocenters. The lowest BCUT2D eigenvalue weighted by atomic mass is 9.96. The van der Waals surface area contributed by atoms with Crippen LogP contribution in [0.25, 0.3) is 0 Å². The van der Waals surface area contributed by atoms with Gasteiger partial charge in [0, 0.05) is 13.1 Å². The van der Waals surface area contributed by atoms with E-state index in [9.17, 15) is 18.0 Å². The Morgan fingerprint density at radius 3 is 2.21 bits per heavy atom. The number of hydrogen-bond donors (Lipinski definition) is 2. The second-order valence-corrected chi connectivity index (χ2v) is 7.69. The molecule has 0 heterocycles. The van der Waals surface area contributed by atoms with Crippen LogP contribution in [0.4, 0.5) is 13.2 Å². The SMILES string of the molecule is CNC(=O)[C@H](N[C@@H](CCc1ccc(C(F)(F)F)cc1)c1cccc(OC)c1)c1ccccc1. The Labute approximate surface area is 191 Å². The lowest BCUT2D eigenvalue weighted by molar-refractivity contribution is -0.137. The van der Waals surface area contributed by atoms with Crippen LogP contribution in [-0.4, -0.2) is 20.1 Å². The normalized spacial score (nSPS) is 13.2. The van der Waals surface area contributed by atoms with E-state index in [2.05, 4.69) is 10.6 Å². The Bertz CT molecular complexity index is 1040. The van der Waals surface area contributed by atoms with Gasteiger partial charge >= 0.3 is 6.18 Å². The minimum absolute atomic E-state index is 0.177. The topological polar surface area (TPSA) is 50.4 Å². The molecule has 4 nitrogen and oxygen atoms in total. The van der Waals surface area contributed by atoms with Crippen LogP contribution in [0.1, 0.15) is 40.8 Å². The summed E-state index contributed by atoms with van der Waals surface area (Å²) in [4.78, 5) is 12.7. The fourth-order valence-electron chi connectivity index (χ4n) is 3.69. The molecule has 0 aliphatic carbocycles. The molecule has 0 aromatic heterocycles. The molecule has 3 rings (SSSR count). The molecule has 0 fully saturated rings. The number of halogens is 3. The highest BCUT2D eigenvalue weighted by Crippen LogP contribution is 2.30. The minimum Gasteiger partial charge on any atom is -0.497 e. The molecule has 1 amide bonds. The molecule has 0 saturated carbocycles. The maximum absolute atomic E-state index is 12.9. The van der Waals surface area contributed by atoms with E-state index in [1.165, 1.54) is 12.1 Å². The zero-order valence-corrected chi connectivity index (χ0v) is 18.5. The van der Waals surface area contributed by atoms with Gasteiger partial charge in [-0.15, -0.1) is 0 Å². The molecule has 7 heteroatoms. The van der Waals surface area contributed by atoms with Crippen molar-refractivity contribution in [2.24, 2.45) is 0 Å². The zero-order chi connectivity index (χ0) is 23.8. The van der Waals surface area contributed by atoms with E-state index < -0.39 is 17.8 Å². The molecular weight excluding hydrogens is 429 g/mol. The number of carbonyl (C=O) groups excluding carboxylic acids is 1. The Morgan fingerprint density at radius 2 is 1.61 bits per heavy atom. The van der Waals surface area contributed by atoms with Crippen molar-refractivity contribution in [3.05, 3.63) is 101 Å². The van der Waals surface area contributed by atoms with E-state index >= 15 is 0 Å². The van der Waals surface area contributed by atoms with Crippen molar-refractivity contribution in [1.29, 1.82) is 0 Å². The molecular formula is C26H27F3N2O2. The highest BCUT2D eigenvalue weighted by Gasteiger charge is 2.30. The molecule has 0 aliphatic rings. The first-order valence-electron chi connectivity index (χ1n) is 10.6. The van der Waals surface area contributed by atoms with Crippen molar-refractivity contribution in [1.82, 2.24) is 10.6 Å². The average molecular weight is 457 g/mol. The number of amides is 1. The van der Waals surface area contributed by atoms with E-state index in [1.54, 1.807) is 14.2 Å². The number of likely N-dealkylation sites (N-methyl/N-ethyl adjacent to an activating group) is 1. The summed E-state index contributed by atoms with van der Waals surface area (Å²) < 4.78 is 44.0. The third-order valence-corrected chi connectivity index (χ3v) is 5.51. The Morgan fingerprint density at radius 1 is 0.939 bits per heavy atom. The van der Waals surface area contributed by atoms with Crippen molar-refractivity contribution < 1.29 is 22.7 Å². The predicted molar refractivity (Wildman–Crippen MR) is 122 cm³/mol. The summed E-state index contributed by atoms with van der Waals surface area (Å²) in [6.45, 7) is 0. The number of carbonyl (C=O) groups is 1. The molecule has 33 heavy (non-hydrogen) atoms. The van der Waals surface area contributed by atoms with Gasteiger partial charge in [-0.3, -0.25) is 10.1 Å². The van der Waals surface area contributed by atoms with Crippen molar-refractivity contribution in [2.45, 2.75) is 31.1 Å². The first-order valence-corrected chi connectivity index (χ1v) is 10.6. The number of methoxy groups -OCH3 is 1. The van der Waals surface area contributed by atoms with Crippen molar-refractivity contribution >= 4 is 5.91 Å². The van der Waals surface area contributed by atoms with Gasteiger partial charge in [-0.05, 0) is 53.8 Å². The maximum atomic E-state index is 12.9. The standard InChI is InChI=1S/C26H27F3N2O2/c1-30-25(32)24(19-7-4-3-5-8-19)31-23(20-9-6-10-22(17-20)33-2)16-13-18-11-14-21(15-12-18)26(27,28)29/h3-12,14-15,17,23-24,31H,13,16H2,1-2H3,(H,30,32)/t23-,24+/m0/s1. The Kier molecular flexibility index (Phi) is 8.11. The summed E-state index contributed by atoms with van der Waals surface area (Å²) in [6.07, 6.45) is -3.26. The van der Waals surface area contributed by atoms with E-state index in [0.29, 0.717) is 18.6 Å². The Hall–Kier alpha value is -3.32. The smallest absolute Gasteiger partial charge is 0.416 e. The first-order chi connectivity index (χ1) is 15.8. The number of alkyl halides is 3. The lowest BCUT2D eigenvalue weighted by Gasteiger charge is -2.26. The van der Waals surface area contributed by atoms with Crippen LogP contribution in [0, 0.1) is 0 Å². The number of nitrogens with one attached hydrogen (secondary N) is 2. The number of rotatable bonds is 9. The van der Waals surface area contributed by atoms with E-state index in [-0.39, 0.29) is 11.9 Å². The molecule has 2 N–H and O–H groups in total. The molecule has 3 aromatic carbocycles. The fraction of sp³-hybridized carbons (Fsp3) is 0.269. The van der Waals surface area contributed by atoms with E-state index in [4.69, 9.17) is 4.74 Å². The van der Waals surface area contributed by atoms with Crippen molar-refractivity contribution in [3.8, 4) is 5.75 Å². The second-order valence-electron chi connectivity index (χ2n) is 7.69. The molecule has 174 valence electrons. The summed E-state index contributed by atoms with van der Waals surface area (Å²) in [6, 6.07) is 21.3. The van der Waals surface area contributed by atoms with Gasteiger partial charge in [0.05, 0.1) is 12.7 Å². The van der Waals surface area contributed by atoms with Gasteiger partial charge in [-0.25, -0.2) is 0 Å². The van der Waals surface area contributed by atoms with Gasteiger partial charge in [0.15, 0.2) is 0 Å². The molecule has 0 bridgehead atoms. The summed E-state index contributed by atoms with van der Waals surface area (Å²) in [5, 5.41) is 6.15. The third-order valence-electron chi connectivity index (χ3n) is 5.51. The molecule has 0 spiro atoms.